The van der Waals surface area contributed by atoms with Gasteiger partial charge in [0.2, 0.25) is 5.91 Å². The first-order chi connectivity index (χ1) is 8.55. The predicted molar refractivity (Wildman–Crippen MR) is 64.8 cm³/mol. The van der Waals surface area contributed by atoms with E-state index in [2.05, 4.69) is 15.9 Å². The molecule has 8 nitrogen and oxygen atoms in total. The molecule has 1 rings (SSSR count). The van der Waals surface area contributed by atoms with Gasteiger partial charge in [-0.2, -0.15) is 0 Å². The largest absolute Gasteiger partial charge is 1.00 e. The van der Waals surface area contributed by atoms with Crippen LogP contribution >= 0.6 is 15.9 Å². The van der Waals surface area contributed by atoms with Crippen molar-refractivity contribution >= 4 is 47.8 Å². The molecule has 0 aromatic heterocycles. The predicted octanol–water partition coefficient (Wildman–Crippen LogP) is -6.16. The van der Waals surface area contributed by atoms with Gasteiger partial charge in [-0.3, -0.25) is 4.79 Å². The number of amides is 1. The molecule has 0 atom stereocenters. The molecule has 0 radical (unpaired) electrons. The van der Waals surface area contributed by atoms with Crippen molar-refractivity contribution < 1.29 is 134 Å². The minimum Gasteiger partial charge on any atom is -0.744 e. The molecule has 1 aromatic carbocycles. The molecule has 0 fully saturated rings. The third-order valence-electron chi connectivity index (χ3n) is 1.90. The molecule has 0 bridgehead atoms. The van der Waals surface area contributed by atoms with Gasteiger partial charge in [-0.15, -0.1) is 0 Å². The number of alkyl halides is 1. The van der Waals surface area contributed by atoms with Crippen LogP contribution in [0.25, 0.3) is 0 Å². The van der Waals surface area contributed by atoms with E-state index in [9.17, 15) is 30.7 Å². The Hall–Kier alpha value is 2.26. The summed E-state index contributed by atoms with van der Waals surface area (Å²) >= 11 is 2.79. The van der Waals surface area contributed by atoms with E-state index in [0.717, 1.165) is 0 Å². The standard InChI is InChI=1S/C8H8BrNO7S2.2K/c9-4-8(11)10-6-3-5(18(12,13)14)1-2-7(6)19(15,16)17;;/h1-3H,4H2,(H,10,11)(H,12,13,14)(H,15,16,17);;/q;2*+1/p-2. The SMILES string of the molecule is O=C(CBr)Nc1cc(S(=O)(=O)[O-])ccc1S(=O)(=O)[O-].[K+].[K+]. The van der Waals surface area contributed by atoms with Crippen LogP contribution in [0.4, 0.5) is 5.69 Å². The molecule has 1 amide bonds. The molecule has 106 valence electrons. The fourth-order valence-electron chi connectivity index (χ4n) is 1.16. The number of hydrogen-bond donors (Lipinski definition) is 1. The maximum absolute atomic E-state index is 11.1. The second-order valence-electron chi connectivity index (χ2n) is 3.25. The van der Waals surface area contributed by atoms with Crippen LogP contribution in [0.5, 0.6) is 0 Å². The summed E-state index contributed by atoms with van der Waals surface area (Å²) < 4.78 is 65.2. The van der Waals surface area contributed by atoms with Crippen LogP contribution in [0.1, 0.15) is 0 Å². The second kappa shape index (κ2) is 10.3. The smallest absolute Gasteiger partial charge is 0.744 e. The fourth-order valence-corrected chi connectivity index (χ4v) is 2.41. The zero-order chi connectivity index (χ0) is 14.8. The van der Waals surface area contributed by atoms with Gasteiger partial charge in [-0.25, -0.2) is 16.8 Å². The van der Waals surface area contributed by atoms with E-state index in [4.69, 9.17) is 0 Å². The van der Waals surface area contributed by atoms with Crippen LogP contribution in [0.3, 0.4) is 0 Å². The Bertz CT molecular complexity index is 720. The summed E-state index contributed by atoms with van der Waals surface area (Å²) in [5.74, 6) is -0.717. The van der Waals surface area contributed by atoms with Crippen molar-refractivity contribution in [2.75, 3.05) is 10.6 Å². The van der Waals surface area contributed by atoms with Gasteiger partial charge in [-0.05, 0) is 18.2 Å². The number of carbonyl (C=O) groups is 1. The van der Waals surface area contributed by atoms with E-state index >= 15 is 0 Å². The molecule has 1 aromatic rings. The van der Waals surface area contributed by atoms with Crippen molar-refractivity contribution in [1.82, 2.24) is 0 Å². The molecule has 0 unspecified atom stereocenters. The third kappa shape index (κ3) is 8.26. The molecule has 1 N–H and O–H groups in total. The number of benzene rings is 1. The summed E-state index contributed by atoms with van der Waals surface area (Å²) in [5.41, 5.74) is -0.559. The zero-order valence-electron chi connectivity index (χ0n) is 11.0. The van der Waals surface area contributed by atoms with E-state index in [1.54, 1.807) is 0 Å². The first-order valence-corrected chi connectivity index (χ1v) is 8.41. The van der Waals surface area contributed by atoms with E-state index in [-0.39, 0.29) is 108 Å². The van der Waals surface area contributed by atoms with Gasteiger partial charge in [0.15, 0.2) is 0 Å². The van der Waals surface area contributed by atoms with Crippen molar-refractivity contribution in [3.05, 3.63) is 18.2 Å². The van der Waals surface area contributed by atoms with Crippen LogP contribution in [0.2, 0.25) is 0 Å². The fraction of sp³-hybridized carbons (Fsp3) is 0.125. The number of carbonyl (C=O) groups excluding carboxylic acids is 1. The van der Waals surface area contributed by atoms with Gasteiger partial charge in [0, 0.05) is 0 Å². The summed E-state index contributed by atoms with van der Waals surface area (Å²) in [6, 6.07) is 1.95. The first kappa shape index (κ1) is 25.5. The van der Waals surface area contributed by atoms with Crippen molar-refractivity contribution in [2.45, 2.75) is 9.79 Å². The zero-order valence-corrected chi connectivity index (χ0v) is 20.5. The van der Waals surface area contributed by atoms with Crippen LogP contribution < -0.4 is 108 Å². The number of hydrogen-bond acceptors (Lipinski definition) is 7. The molecule has 0 aliphatic carbocycles. The van der Waals surface area contributed by atoms with E-state index < -0.39 is 41.6 Å². The van der Waals surface area contributed by atoms with Gasteiger partial charge in [0.05, 0.1) is 20.8 Å². The average molecular weight is 450 g/mol. The molecule has 0 aliphatic heterocycles. The summed E-state index contributed by atoms with van der Waals surface area (Å²) in [6.45, 7) is 0. The summed E-state index contributed by atoms with van der Waals surface area (Å²) in [5, 5.41) is 1.80. The van der Waals surface area contributed by atoms with Crippen molar-refractivity contribution in [1.29, 1.82) is 0 Å². The van der Waals surface area contributed by atoms with E-state index in [1.807, 2.05) is 5.32 Å². The Morgan fingerprint density at radius 2 is 1.62 bits per heavy atom. The quantitative estimate of drug-likeness (QED) is 0.273. The topological polar surface area (TPSA) is 144 Å². The summed E-state index contributed by atoms with van der Waals surface area (Å²) in [6.07, 6.45) is 0. The molecule has 0 aliphatic rings. The van der Waals surface area contributed by atoms with Crippen LogP contribution in [-0.2, 0) is 25.0 Å². The number of nitrogens with one attached hydrogen (secondary N) is 1. The molecule has 0 spiro atoms. The van der Waals surface area contributed by atoms with E-state index in [1.165, 1.54) is 0 Å². The van der Waals surface area contributed by atoms with Gasteiger partial charge < -0.3 is 14.4 Å². The van der Waals surface area contributed by atoms with Crippen LogP contribution in [-0.4, -0.2) is 37.2 Å². The molecule has 13 heteroatoms. The van der Waals surface area contributed by atoms with Crippen molar-refractivity contribution in [3.8, 4) is 0 Å². The molecule has 0 heterocycles. The third-order valence-corrected chi connectivity index (χ3v) is 4.14. The minimum absolute atomic E-state index is 0. The maximum Gasteiger partial charge on any atom is 1.00 e. The number of anilines is 1. The number of rotatable bonds is 4. The van der Waals surface area contributed by atoms with Gasteiger partial charge in [0.1, 0.15) is 20.2 Å². The molecule has 0 saturated carbocycles. The number of halogens is 1. The van der Waals surface area contributed by atoms with Gasteiger partial charge >= 0.3 is 103 Å². The monoisotopic (exact) mass is 449 g/mol. The molecular weight excluding hydrogens is 444 g/mol. The summed E-state index contributed by atoms with van der Waals surface area (Å²) in [7, 11) is -9.77. The Kier molecular flexibility index (Phi) is 12.5. The average Bonchev–Trinajstić information content (AvgIpc) is 2.26. The molecular formula is C8H6BrK2NO7S2. The minimum atomic E-state index is -4.93. The molecule has 0 saturated heterocycles. The van der Waals surface area contributed by atoms with Crippen LogP contribution in [0, 0.1) is 0 Å². The Balaban J connectivity index is 0. The molecule has 21 heavy (non-hydrogen) atoms. The second-order valence-corrected chi connectivity index (χ2v) is 6.54. The van der Waals surface area contributed by atoms with Crippen molar-refractivity contribution in [2.24, 2.45) is 0 Å². The Labute approximate surface area is 215 Å². The Morgan fingerprint density at radius 3 is 2.00 bits per heavy atom. The van der Waals surface area contributed by atoms with E-state index in [0.29, 0.717) is 18.2 Å². The normalized spacial score (nSPS) is 11.0. The van der Waals surface area contributed by atoms with Gasteiger partial charge in [-0.1, -0.05) is 15.9 Å². The maximum atomic E-state index is 11.1. The Morgan fingerprint density at radius 1 is 1.10 bits per heavy atom. The summed E-state index contributed by atoms with van der Waals surface area (Å²) in [4.78, 5) is 9.55. The van der Waals surface area contributed by atoms with Crippen molar-refractivity contribution in [3.63, 3.8) is 0 Å². The van der Waals surface area contributed by atoms with Crippen LogP contribution in [0.15, 0.2) is 28.0 Å². The first-order valence-electron chi connectivity index (χ1n) is 4.47. The van der Waals surface area contributed by atoms with Gasteiger partial charge in [0.25, 0.3) is 0 Å².